The van der Waals surface area contributed by atoms with Crippen molar-refractivity contribution in [1.82, 2.24) is 4.98 Å². The second-order valence-electron chi connectivity index (χ2n) is 9.21. The summed E-state index contributed by atoms with van der Waals surface area (Å²) >= 11 is 6.20. The molecule has 1 aliphatic carbocycles. The Morgan fingerprint density at radius 2 is 1.94 bits per heavy atom. The summed E-state index contributed by atoms with van der Waals surface area (Å²) in [4.78, 5) is 29.0. The number of halogens is 1. The molecule has 2 aromatic heterocycles. The molecule has 0 radical (unpaired) electrons. The highest BCUT2D eigenvalue weighted by Gasteiger charge is 2.30. The van der Waals surface area contributed by atoms with Crippen LogP contribution in [0.4, 0.5) is 5.69 Å². The monoisotopic (exact) mass is 488 g/mol. The number of nitrogens with one attached hydrogen (secondary N) is 1. The van der Waals surface area contributed by atoms with Gasteiger partial charge in [0.15, 0.2) is 11.7 Å². The van der Waals surface area contributed by atoms with Gasteiger partial charge >= 0.3 is 0 Å². The molecule has 2 aromatic carbocycles. The summed E-state index contributed by atoms with van der Waals surface area (Å²) in [6, 6.07) is 11.9. The number of carbonyl (C=O) groups is 1. The van der Waals surface area contributed by atoms with Crippen LogP contribution in [0.5, 0.6) is 5.75 Å². The van der Waals surface area contributed by atoms with Gasteiger partial charge < -0.3 is 14.8 Å². The lowest BCUT2D eigenvalue weighted by Gasteiger charge is -2.20. The number of fused-ring (bicyclic) bond motifs is 1. The highest BCUT2D eigenvalue weighted by atomic mass is 35.5. The van der Waals surface area contributed by atoms with Crippen molar-refractivity contribution < 1.29 is 14.3 Å². The molecule has 7 heteroatoms. The summed E-state index contributed by atoms with van der Waals surface area (Å²) in [5.41, 5.74) is 5.19. The van der Waals surface area contributed by atoms with Crippen molar-refractivity contribution in [2.75, 3.05) is 5.32 Å². The third kappa shape index (κ3) is 4.30. The number of hydrogen-bond acceptors (Lipinski definition) is 6. The van der Waals surface area contributed by atoms with Crippen molar-refractivity contribution in [3.05, 3.63) is 85.9 Å². The van der Waals surface area contributed by atoms with Crippen molar-refractivity contribution in [1.29, 1.82) is 0 Å². The minimum atomic E-state index is -0.236. The fourth-order valence-corrected chi connectivity index (χ4v) is 4.67. The molecule has 0 spiro atoms. The predicted molar refractivity (Wildman–Crippen MR) is 138 cm³/mol. The molecular formula is C28H25ClN2O4. The number of phenolic OH excluding ortho intramolecular Hbond substituents is 1. The summed E-state index contributed by atoms with van der Waals surface area (Å²) in [6.45, 7) is 5.81. The molecule has 1 fully saturated rings. The average Bonchev–Trinajstić information content (AvgIpc) is 3.68. The highest BCUT2D eigenvalue weighted by molar-refractivity contribution is 6.29. The van der Waals surface area contributed by atoms with Crippen molar-refractivity contribution in [2.24, 2.45) is 0 Å². The van der Waals surface area contributed by atoms with Crippen LogP contribution in [0.1, 0.15) is 64.5 Å². The number of phenols is 1. The van der Waals surface area contributed by atoms with Crippen LogP contribution in [0.15, 0.2) is 51.7 Å². The molecule has 6 nitrogen and oxygen atoms in total. The van der Waals surface area contributed by atoms with Crippen LogP contribution < -0.4 is 10.7 Å². The fourth-order valence-electron chi connectivity index (χ4n) is 4.52. The van der Waals surface area contributed by atoms with E-state index in [-0.39, 0.29) is 22.8 Å². The summed E-state index contributed by atoms with van der Waals surface area (Å²) in [5, 5.41) is 14.3. The van der Waals surface area contributed by atoms with Crippen LogP contribution >= 0.6 is 11.6 Å². The minimum absolute atomic E-state index is 0.0182. The van der Waals surface area contributed by atoms with Gasteiger partial charge in [-0.25, -0.2) is 4.98 Å². The number of aldehydes is 1. The van der Waals surface area contributed by atoms with Gasteiger partial charge in [0.25, 0.3) is 0 Å². The Hall–Kier alpha value is -3.64. The third-order valence-electron chi connectivity index (χ3n) is 6.50. The first-order chi connectivity index (χ1) is 16.8. The standard InChI is InChI=1S/C28H25ClN2O4/c1-14-10-20(28-21(11-14)26(34)15(2)27(35-28)17-4-5-17)16(3)30-22-7-9-24(29)31-25(22)18-6-8-23(33)19(12-18)13-32/h6-13,16-17,30,33H,4-5H2,1-3H3. The SMILES string of the molecule is Cc1cc(C(C)Nc2ccc(Cl)nc2-c2ccc(O)c(C=O)c2)c2oc(C3CC3)c(C)c(=O)c2c1. The summed E-state index contributed by atoms with van der Waals surface area (Å²) < 4.78 is 6.38. The van der Waals surface area contributed by atoms with E-state index in [2.05, 4.69) is 10.3 Å². The number of aryl methyl sites for hydroxylation is 1. The molecule has 5 rings (SSSR count). The zero-order chi connectivity index (χ0) is 24.9. The maximum absolute atomic E-state index is 13.2. The molecular weight excluding hydrogens is 464 g/mol. The third-order valence-corrected chi connectivity index (χ3v) is 6.72. The Balaban J connectivity index is 1.61. The largest absolute Gasteiger partial charge is 0.507 e. The minimum Gasteiger partial charge on any atom is -0.507 e. The second kappa shape index (κ2) is 8.86. The van der Waals surface area contributed by atoms with E-state index in [1.54, 1.807) is 18.2 Å². The lowest BCUT2D eigenvalue weighted by atomic mass is 9.99. The Morgan fingerprint density at radius 1 is 1.17 bits per heavy atom. The second-order valence-corrected chi connectivity index (χ2v) is 9.60. The van der Waals surface area contributed by atoms with Crippen LogP contribution in [0.2, 0.25) is 5.15 Å². The summed E-state index contributed by atoms with van der Waals surface area (Å²) in [6.07, 6.45) is 2.68. The van der Waals surface area contributed by atoms with Crippen molar-refractivity contribution in [3.8, 4) is 17.0 Å². The molecule has 1 aliphatic rings. The van der Waals surface area contributed by atoms with E-state index in [9.17, 15) is 14.7 Å². The molecule has 0 saturated heterocycles. The highest BCUT2D eigenvalue weighted by Crippen LogP contribution is 2.43. The fraction of sp³-hybridized carbons (Fsp3) is 0.250. The van der Waals surface area contributed by atoms with Crippen LogP contribution in [0.3, 0.4) is 0 Å². The number of nitrogens with zero attached hydrogens (tertiary/aromatic N) is 1. The van der Waals surface area contributed by atoms with E-state index in [0.29, 0.717) is 50.8 Å². The van der Waals surface area contributed by atoms with Gasteiger partial charge in [-0.3, -0.25) is 9.59 Å². The van der Waals surface area contributed by atoms with Gasteiger partial charge in [-0.15, -0.1) is 0 Å². The van der Waals surface area contributed by atoms with E-state index in [4.69, 9.17) is 16.0 Å². The van der Waals surface area contributed by atoms with Gasteiger partial charge in [-0.1, -0.05) is 17.7 Å². The maximum Gasteiger partial charge on any atom is 0.195 e. The van der Waals surface area contributed by atoms with Crippen molar-refractivity contribution in [3.63, 3.8) is 0 Å². The van der Waals surface area contributed by atoms with Gasteiger partial charge in [0, 0.05) is 22.6 Å². The van der Waals surface area contributed by atoms with Gasteiger partial charge in [-0.2, -0.15) is 0 Å². The zero-order valence-electron chi connectivity index (χ0n) is 19.7. The Labute approximate surface area is 207 Å². The lowest BCUT2D eigenvalue weighted by molar-refractivity contribution is 0.112. The molecule has 0 bridgehead atoms. The molecule has 1 atom stereocenters. The van der Waals surface area contributed by atoms with Gasteiger partial charge in [0.05, 0.1) is 28.4 Å². The van der Waals surface area contributed by atoms with E-state index in [1.165, 1.54) is 6.07 Å². The molecule has 0 aliphatic heterocycles. The predicted octanol–water partition coefficient (Wildman–Crippen LogP) is 6.69. The molecule has 1 unspecified atom stereocenters. The molecule has 4 aromatic rings. The zero-order valence-corrected chi connectivity index (χ0v) is 20.4. The number of rotatable bonds is 6. The van der Waals surface area contributed by atoms with Crippen molar-refractivity contribution >= 4 is 34.5 Å². The number of aromatic nitrogens is 1. The molecule has 0 amide bonds. The Bertz CT molecular complexity index is 1540. The van der Waals surface area contributed by atoms with E-state index >= 15 is 0 Å². The molecule has 2 N–H and O–H groups in total. The topological polar surface area (TPSA) is 92.4 Å². The average molecular weight is 489 g/mol. The quantitative estimate of drug-likeness (QED) is 0.232. The van der Waals surface area contributed by atoms with Crippen molar-refractivity contribution in [2.45, 2.75) is 45.6 Å². The van der Waals surface area contributed by atoms with Gasteiger partial charge in [0.1, 0.15) is 22.2 Å². The van der Waals surface area contributed by atoms with E-state index in [1.807, 2.05) is 39.0 Å². The smallest absolute Gasteiger partial charge is 0.195 e. The molecule has 2 heterocycles. The first-order valence-electron chi connectivity index (χ1n) is 11.6. The number of hydrogen-bond donors (Lipinski definition) is 2. The van der Waals surface area contributed by atoms with Crippen LogP contribution in [-0.4, -0.2) is 16.4 Å². The van der Waals surface area contributed by atoms with Gasteiger partial charge in [0.2, 0.25) is 0 Å². The Morgan fingerprint density at radius 3 is 2.66 bits per heavy atom. The van der Waals surface area contributed by atoms with Crippen LogP contribution in [-0.2, 0) is 0 Å². The normalized spacial score (nSPS) is 14.2. The first-order valence-corrected chi connectivity index (χ1v) is 11.9. The van der Waals surface area contributed by atoms with Crippen LogP contribution in [0.25, 0.3) is 22.2 Å². The van der Waals surface area contributed by atoms with Gasteiger partial charge in [-0.05, 0) is 75.6 Å². The Kier molecular flexibility index (Phi) is 5.85. The number of aromatic hydroxyl groups is 1. The summed E-state index contributed by atoms with van der Waals surface area (Å²) in [5.74, 6) is 1.01. The number of benzene rings is 2. The first kappa shape index (κ1) is 23.1. The number of carbonyl (C=O) groups excluding carboxylic acids is 1. The van der Waals surface area contributed by atoms with E-state index < -0.39 is 0 Å². The van der Waals surface area contributed by atoms with E-state index in [0.717, 1.165) is 29.7 Å². The summed E-state index contributed by atoms with van der Waals surface area (Å²) in [7, 11) is 0. The lowest BCUT2D eigenvalue weighted by Crippen LogP contribution is -2.13. The number of pyridine rings is 1. The van der Waals surface area contributed by atoms with Crippen LogP contribution in [0, 0.1) is 13.8 Å². The number of anilines is 1. The molecule has 178 valence electrons. The maximum atomic E-state index is 13.2. The molecule has 35 heavy (non-hydrogen) atoms. The molecule has 1 saturated carbocycles.